The molecule has 102 valence electrons. The van der Waals surface area contributed by atoms with E-state index in [2.05, 4.69) is 14.7 Å². The SMILES string of the molecule is CCOC1(c2nsc(NCCOC)n2)CCCC1. The summed E-state index contributed by atoms with van der Waals surface area (Å²) in [5, 5.41) is 4.07. The van der Waals surface area contributed by atoms with Crippen molar-refractivity contribution in [1.82, 2.24) is 9.36 Å². The maximum Gasteiger partial charge on any atom is 0.202 e. The van der Waals surface area contributed by atoms with Crippen LogP contribution in [0.5, 0.6) is 0 Å². The minimum atomic E-state index is -0.230. The van der Waals surface area contributed by atoms with E-state index in [1.165, 1.54) is 24.4 Å². The van der Waals surface area contributed by atoms with E-state index < -0.39 is 0 Å². The van der Waals surface area contributed by atoms with Crippen molar-refractivity contribution in [3.63, 3.8) is 0 Å². The van der Waals surface area contributed by atoms with Crippen molar-refractivity contribution in [2.75, 3.05) is 32.2 Å². The Balaban J connectivity index is 2.02. The average Bonchev–Trinajstić information content (AvgIpc) is 2.99. The highest BCUT2D eigenvalue weighted by Gasteiger charge is 2.40. The average molecular weight is 271 g/mol. The third kappa shape index (κ3) is 2.99. The summed E-state index contributed by atoms with van der Waals surface area (Å²) in [7, 11) is 1.69. The van der Waals surface area contributed by atoms with Crippen molar-refractivity contribution in [2.24, 2.45) is 0 Å². The molecule has 0 saturated heterocycles. The first kappa shape index (κ1) is 13.7. The summed E-state index contributed by atoms with van der Waals surface area (Å²) in [6.07, 6.45) is 4.47. The third-order valence-electron chi connectivity index (χ3n) is 3.25. The van der Waals surface area contributed by atoms with Crippen molar-refractivity contribution >= 4 is 16.7 Å². The first-order valence-corrected chi connectivity index (χ1v) is 7.29. The van der Waals surface area contributed by atoms with Crippen LogP contribution in [0.2, 0.25) is 0 Å². The van der Waals surface area contributed by atoms with Gasteiger partial charge in [0.15, 0.2) is 5.82 Å². The standard InChI is InChI=1S/C12H21N3O2S/c1-3-17-12(6-4-5-7-12)10-14-11(18-15-10)13-8-9-16-2/h3-9H2,1-2H3,(H,13,14,15). The number of ether oxygens (including phenoxy) is 2. The molecule has 2 rings (SSSR count). The van der Waals surface area contributed by atoms with Crippen LogP contribution in [0.25, 0.3) is 0 Å². The zero-order chi connectivity index (χ0) is 12.8. The Labute approximate surface area is 112 Å². The molecule has 0 bridgehead atoms. The first-order chi connectivity index (χ1) is 8.80. The van der Waals surface area contributed by atoms with Crippen molar-refractivity contribution in [3.8, 4) is 0 Å². The molecule has 1 fully saturated rings. The van der Waals surface area contributed by atoms with Crippen LogP contribution in [0.1, 0.15) is 38.4 Å². The Bertz CT molecular complexity index is 364. The maximum atomic E-state index is 5.94. The lowest BCUT2D eigenvalue weighted by atomic mass is 10.0. The summed E-state index contributed by atoms with van der Waals surface area (Å²) in [5.41, 5.74) is -0.230. The van der Waals surface area contributed by atoms with Gasteiger partial charge in [-0.2, -0.15) is 4.37 Å². The molecule has 1 aliphatic rings. The highest BCUT2D eigenvalue weighted by Crippen LogP contribution is 2.41. The van der Waals surface area contributed by atoms with Gasteiger partial charge in [0.05, 0.1) is 6.61 Å². The number of nitrogens with zero attached hydrogens (tertiary/aromatic N) is 2. The van der Waals surface area contributed by atoms with E-state index in [-0.39, 0.29) is 5.60 Å². The molecule has 1 aromatic heterocycles. The molecule has 0 aliphatic heterocycles. The van der Waals surface area contributed by atoms with Gasteiger partial charge in [0.25, 0.3) is 0 Å². The zero-order valence-corrected chi connectivity index (χ0v) is 11.9. The van der Waals surface area contributed by atoms with E-state index in [0.717, 1.165) is 30.3 Å². The molecule has 0 atom stereocenters. The molecule has 1 heterocycles. The van der Waals surface area contributed by atoms with Gasteiger partial charge in [0.1, 0.15) is 5.60 Å². The van der Waals surface area contributed by atoms with Crippen LogP contribution in [-0.4, -0.2) is 36.2 Å². The van der Waals surface area contributed by atoms with Gasteiger partial charge in [-0.1, -0.05) is 0 Å². The molecule has 0 amide bonds. The van der Waals surface area contributed by atoms with E-state index in [1.54, 1.807) is 7.11 Å². The van der Waals surface area contributed by atoms with Crippen LogP contribution in [0, 0.1) is 0 Å². The summed E-state index contributed by atoms with van der Waals surface area (Å²) in [6, 6.07) is 0. The third-order valence-corrected chi connectivity index (χ3v) is 3.92. The summed E-state index contributed by atoms with van der Waals surface area (Å²) in [4.78, 5) is 4.57. The maximum absolute atomic E-state index is 5.94. The smallest absolute Gasteiger partial charge is 0.202 e. The van der Waals surface area contributed by atoms with Gasteiger partial charge < -0.3 is 14.8 Å². The van der Waals surface area contributed by atoms with Gasteiger partial charge >= 0.3 is 0 Å². The highest BCUT2D eigenvalue weighted by molar-refractivity contribution is 7.09. The van der Waals surface area contributed by atoms with Gasteiger partial charge in [0, 0.05) is 31.8 Å². The molecule has 18 heavy (non-hydrogen) atoms. The number of rotatable bonds is 7. The quantitative estimate of drug-likeness (QED) is 0.772. The molecule has 1 aliphatic carbocycles. The highest BCUT2D eigenvalue weighted by atomic mass is 32.1. The minimum Gasteiger partial charge on any atom is -0.383 e. The second-order valence-corrected chi connectivity index (χ2v) is 5.23. The van der Waals surface area contributed by atoms with Crippen molar-refractivity contribution in [1.29, 1.82) is 0 Å². The number of hydrogen-bond acceptors (Lipinski definition) is 6. The molecule has 1 N–H and O–H groups in total. The lowest BCUT2D eigenvalue weighted by Gasteiger charge is -2.25. The Kier molecular flexibility index (Phi) is 4.91. The molecule has 0 aromatic carbocycles. The minimum absolute atomic E-state index is 0.230. The van der Waals surface area contributed by atoms with Gasteiger partial charge in [-0.3, -0.25) is 0 Å². The Hall–Kier alpha value is -0.720. The predicted molar refractivity (Wildman–Crippen MR) is 72.0 cm³/mol. The van der Waals surface area contributed by atoms with Crippen LogP contribution in [0.4, 0.5) is 5.13 Å². The molecule has 1 saturated carbocycles. The second-order valence-electron chi connectivity index (χ2n) is 4.48. The number of anilines is 1. The molecule has 0 unspecified atom stereocenters. The predicted octanol–water partition coefficient (Wildman–Crippen LogP) is 2.40. The molecule has 1 aromatic rings. The normalized spacial score (nSPS) is 18.1. The molecular formula is C12H21N3O2S. The fourth-order valence-electron chi connectivity index (χ4n) is 2.40. The van der Waals surface area contributed by atoms with Gasteiger partial charge in [-0.05, 0) is 32.6 Å². The fourth-order valence-corrected chi connectivity index (χ4v) is 3.07. The summed E-state index contributed by atoms with van der Waals surface area (Å²) < 4.78 is 15.4. The second kappa shape index (κ2) is 6.45. The van der Waals surface area contributed by atoms with E-state index >= 15 is 0 Å². The number of aromatic nitrogens is 2. The van der Waals surface area contributed by atoms with Gasteiger partial charge in [0.2, 0.25) is 5.13 Å². The number of hydrogen-bond donors (Lipinski definition) is 1. The number of methoxy groups -OCH3 is 1. The fraction of sp³-hybridized carbons (Fsp3) is 0.833. The monoisotopic (exact) mass is 271 g/mol. The molecular weight excluding hydrogens is 250 g/mol. The largest absolute Gasteiger partial charge is 0.383 e. The van der Waals surface area contributed by atoms with Crippen molar-refractivity contribution in [3.05, 3.63) is 5.82 Å². The lowest BCUT2D eigenvalue weighted by Crippen LogP contribution is -2.27. The van der Waals surface area contributed by atoms with E-state index in [1.807, 2.05) is 6.92 Å². The van der Waals surface area contributed by atoms with Crippen LogP contribution in [-0.2, 0) is 15.1 Å². The van der Waals surface area contributed by atoms with E-state index in [4.69, 9.17) is 9.47 Å². The van der Waals surface area contributed by atoms with E-state index in [0.29, 0.717) is 13.2 Å². The topological polar surface area (TPSA) is 56.3 Å². The van der Waals surface area contributed by atoms with Crippen molar-refractivity contribution in [2.45, 2.75) is 38.2 Å². The Morgan fingerprint density at radius 3 is 2.83 bits per heavy atom. The lowest BCUT2D eigenvalue weighted by molar-refractivity contribution is -0.0447. The Morgan fingerprint density at radius 1 is 1.39 bits per heavy atom. The molecule has 5 nitrogen and oxygen atoms in total. The molecule has 0 spiro atoms. The first-order valence-electron chi connectivity index (χ1n) is 6.52. The molecule has 6 heteroatoms. The summed E-state index contributed by atoms with van der Waals surface area (Å²) >= 11 is 1.40. The van der Waals surface area contributed by atoms with Gasteiger partial charge in [-0.25, -0.2) is 4.98 Å². The number of nitrogens with one attached hydrogen (secondary N) is 1. The Morgan fingerprint density at radius 2 is 2.17 bits per heavy atom. The van der Waals surface area contributed by atoms with Crippen molar-refractivity contribution < 1.29 is 9.47 Å². The zero-order valence-electron chi connectivity index (χ0n) is 11.1. The van der Waals surface area contributed by atoms with Crippen LogP contribution >= 0.6 is 11.5 Å². The van der Waals surface area contributed by atoms with Crippen LogP contribution < -0.4 is 5.32 Å². The van der Waals surface area contributed by atoms with Crippen LogP contribution in [0.15, 0.2) is 0 Å². The van der Waals surface area contributed by atoms with Gasteiger partial charge in [-0.15, -0.1) is 0 Å². The molecule has 0 radical (unpaired) electrons. The summed E-state index contributed by atoms with van der Waals surface area (Å²) in [5.74, 6) is 0.853. The van der Waals surface area contributed by atoms with Crippen LogP contribution in [0.3, 0.4) is 0 Å². The summed E-state index contributed by atoms with van der Waals surface area (Å²) in [6.45, 7) is 4.17. The van der Waals surface area contributed by atoms with E-state index in [9.17, 15) is 0 Å².